The molecule has 1 amide bonds. The zero-order valence-electron chi connectivity index (χ0n) is 19.4. The molecule has 0 spiro atoms. The summed E-state index contributed by atoms with van der Waals surface area (Å²) in [4.78, 5) is 29.7. The number of carbonyl (C=O) groups is 2. The average Bonchev–Trinajstić information content (AvgIpc) is 3.64. The van der Waals surface area contributed by atoms with Gasteiger partial charge in [0, 0.05) is 30.7 Å². The Bertz CT molecular complexity index is 1550. The summed E-state index contributed by atoms with van der Waals surface area (Å²) in [5.41, 5.74) is 3.18. The van der Waals surface area contributed by atoms with Crippen LogP contribution in [0, 0.1) is 5.82 Å². The van der Waals surface area contributed by atoms with E-state index in [0.29, 0.717) is 23.3 Å². The van der Waals surface area contributed by atoms with Crippen molar-refractivity contribution in [1.29, 1.82) is 0 Å². The summed E-state index contributed by atoms with van der Waals surface area (Å²) in [5, 5.41) is 10.9. The number of nitrogens with one attached hydrogen (secondary N) is 2. The van der Waals surface area contributed by atoms with E-state index in [-0.39, 0.29) is 23.0 Å². The van der Waals surface area contributed by atoms with E-state index in [2.05, 4.69) is 20.7 Å². The summed E-state index contributed by atoms with van der Waals surface area (Å²) in [5.74, 6) is -1.34. The molecule has 0 unspecified atom stereocenters. The number of pyridine rings is 1. The van der Waals surface area contributed by atoms with Crippen molar-refractivity contribution in [3.05, 3.63) is 90.2 Å². The van der Waals surface area contributed by atoms with Crippen molar-refractivity contribution >= 4 is 34.3 Å². The van der Waals surface area contributed by atoms with Gasteiger partial charge < -0.3 is 24.4 Å². The molecule has 0 saturated heterocycles. The summed E-state index contributed by atoms with van der Waals surface area (Å²) in [6.45, 7) is 0.430. The number of ether oxygens (including phenoxy) is 1. The fraction of sp³-hybridized carbons (Fsp3) is 0.120. The van der Waals surface area contributed by atoms with Crippen LogP contribution < -0.4 is 10.6 Å². The predicted molar refractivity (Wildman–Crippen MR) is 130 cm³/mol. The van der Waals surface area contributed by atoms with E-state index in [4.69, 9.17) is 9.15 Å². The maximum Gasteiger partial charge on any atom is 0.356 e. The third kappa shape index (κ3) is 4.29. The van der Waals surface area contributed by atoms with Gasteiger partial charge in [-0.2, -0.15) is 5.10 Å². The van der Waals surface area contributed by atoms with Gasteiger partial charge in [-0.05, 0) is 42.5 Å². The van der Waals surface area contributed by atoms with E-state index in [1.54, 1.807) is 53.0 Å². The maximum atomic E-state index is 13.2. The van der Waals surface area contributed by atoms with Gasteiger partial charge in [-0.25, -0.2) is 18.9 Å². The molecule has 5 rings (SSSR count). The van der Waals surface area contributed by atoms with Crippen molar-refractivity contribution in [3.8, 4) is 5.69 Å². The average molecular weight is 488 g/mol. The predicted octanol–water partition coefficient (Wildman–Crippen LogP) is 4.14. The molecule has 2 N–H and O–H groups in total. The molecule has 4 heterocycles. The first-order valence-corrected chi connectivity index (χ1v) is 10.9. The molecule has 0 bridgehead atoms. The molecule has 0 fully saturated rings. The van der Waals surface area contributed by atoms with Gasteiger partial charge in [-0.1, -0.05) is 0 Å². The number of amides is 1. The minimum Gasteiger partial charge on any atom is -0.464 e. The SMILES string of the molecule is COC(=O)c1c(NC(=O)c2ccco2)c2cc(NCc3cnn(-c4ccc(F)cc4)c3)cnc2n1C. The molecule has 4 aromatic heterocycles. The highest BCUT2D eigenvalue weighted by Gasteiger charge is 2.25. The Morgan fingerprint density at radius 1 is 1.17 bits per heavy atom. The highest BCUT2D eigenvalue weighted by Crippen LogP contribution is 2.32. The molecule has 1 aromatic carbocycles. The van der Waals surface area contributed by atoms with Gasteiger partial charge in [0.25, 0.3) is 5.91 Å². The number of halogens is 1. The largest absolute Gasteiger partial charge is 0.464 e. The monoisotopic (exact) mass is 488 g/mol. The van der Waals surface area contributed by atoms with Crippen molar-refractivity contribution in [2.45, 2.75) is 6.54 Å². The van der Waals surface area contributed by atoms with Crippen LogP contribution >= 0.6 is 0 Å². The number of methoxy groups -OCH3 is 1. The molecule has 0 radical (unpaired) electrons. The van der Waals surface area contributed by atoms with Gasteiger partial charge in [0.15, 0.2) is 11.5 Å². The first kappa shape index (κ1) is 22.8. The van der Waals surface area contributed by atoms with Gasteiger partial charge in [0.2, 0.25) is 0 Å². The molecule has 0 aliphatic heterocycles. The number of benzene rings is 1. The number of nitrogens with zero attached hydrogens (tertiary/aromatic N) is 4. The van der Waals surface area contributed by atoms with Crippen LogP contribution in [0.4, 0.5) is 15.8 Å². The molecular formula is C25H21FN6O4. The topological polar surface area (TPSA) is 116 Å². The highest BCUT2D eigenvalue weighted by atomic mass is 19.1. The number of fused-ring (bicyclic) bond motifs is 1. The standard InChI is InChI=1S/C25H21FN6O4/c1-31-22(25(34)35-2)21(30-24(33)20-4-3-9-36-20)19-10-17(13-28-23(19)31)27-11-15-12-29-32(14-15)18-7-5-16(26)6-8-18/h3-10,12-14,27H,11H2,1-2H3,(H,30,33). The Labute approximate surface area is 204 Å². The van der Waals surface area contributed by atoms with Crippen LogP contribution in [0.2, 0.25) is 0 Å². The van der Waals surface area contributed by atoms with Crippen molar-refractivity contribution in [1.82, 2.24) is 19.3 Å². The van der Waals surface area contributed by atoms with Crippen LogP contribution in [0.5, 0.6) is 0 Å². The molecule has 0 saturated carbocycles. The van der Waals surface area contributed by atoms with Crippen LogP contribution in [0.25, 0.3) is 16.7 Å². The van der Waals surface area contributed by atoms with Crippen molar-refractivity contribution in [3.63, 3.8) is 0 Å². The summed E-state index contributed by atoms with van der Waals surface area (Å²) < 4.78 is 26.5. The van der Waals surface area contributed by atoms with E-state index in [1.807, 2.05) is 6.20 Å². The summed E-state index contributed by atoms with van der Waals surface area (Å²) in [7, 11) is 2.94. The molecule has 5 aromatic rings. The number of carbonyl (C=O) groups excluding carboxylic acids is 2. The van der Waals surface area contributed by atoms with Crippen LogP contribution in [0.1, 0.15) is 26.6 Å². The number of aromatic nitrogens is 4. The first-order chi connectivity index (χ1) is 17.4. The number of rotatable bonds is 7. The van der Waals surface area contributed by atoms with Gasteiger partial charge in [0.05, 0.1) is 42.8 Å². The Balaban J connectivity index is 1.42. The molecular weight excluding hydrogens is 467 g/mol. The van der Waals surface area contributed by atoms with Crippen molar-refractivity contribution in [2.75, 3.05) is 17.7 Å². The maximum absolute atomic E-state index is 13.2. The fourth-order valence-corrected chi connectivity index (χ4v) is 3.84. The second kappa shape index (κ2) is 9.37. The Morgan fingerprint density at radius 3 is 2.69 bits per heavy atom. The molecule has 0 aliphatic rings. The Hall–Kier alpha value is -4.93. The lowest BCUT2D eigenvalue weighted by atomic mass is 10.2. The lowest BCUT2D eigenvalue weighted by Gasteiger charge is -2.07. The lowest BCUT2D eigenvalue weighted by Crippen LogP contribution is -2.16. The second-order valence-corrected chi connectivity index (χ2v) is 7.92. The van der Waals surface area contributed by atoms with E-state index < -0.39 is 11.9 Å². The highest BCUT2D eigenvalue weighted by molar-refractivity contribution is 6.14. The van der Waals surface area contributed by atoms with Gasteiger partial charge >= 0.3 is 5.97 Å². The number of anilines is 2. The van der Waals surface area contributed by atoms with E-state index in [1.165, 1.54) is 31.6 Å². The fourth-order valence-electron chi connectivity index (χ4n) is 3.84. The Kier molecular flexibility index (Phi) is 5.95. The number of furan rings is 1. The zero-order chi connectivity index (χ0) is 25.2. The first-order valence-electron chi connectivity index (χ1n) is 10.9. The number of hydrogen-bond acceptors (Lipinski definition) is 7. The van der Waals surface area contributed by atoms with Gasteiger partial charge in [0.1, 0.15) is 11.5 Å². The number of aryl methyl sites for hydroxylation is 1. The molecule has 0 aliphatic carbocycles. The number of esters is 1. The molecule has 182 valence electrons. The third-order valence-electron chi connectivity index (χ3n) is 5.61. The molecule has 10 nitrogen and oxygen atoms in total. The van der Waals surface area contributed by atoms with Crippen LogP contribution in [-0.4, -0.2) is 38.3 Å². The zero-order valence-corrected chi connectivity index (χ0v) is 19.4. The lowest BCUT2D eigenvalue weighted by molar-refractivity contribution is 0.0591. The summed E-state index contributed by atoms with van der Waals surface area (Å²) in [6.07, 6.45) is 6.56. The normalized spacial score (nSPS) is 11.0. The smallest absolute Gasteiger partial charge is 0.356 e. The van der Waals surface area contributed by atoms with Crippen LogP contribution in [-0.2, 0) is 18.3 Å². The van der Waals surface area contributed by atoms with E-state index in [9.17, 15) is 14.0 Å². The van der Waals surface area contributed by atoms with E-state index in [0.717, 1.165) is 11.3 Å². The van der Waals surface area contributed by atoms with Crippen molar-refractivity contribution < 1.29 is 23.1 Å². The van der Waals surface area contributed by atoms with Gasteiger partial charge in [-0.3, -0.25) is 4.79 Å². The minimum atomic E-state index is -0.618. The quantitative estimate of drug-likeness (QED) is 0.331. The van der Waals surface area contributed by atoms with E-state index >= 15 is 0 Å². The third-order valence-corrected chi connectivity index (χ3v) is 5.61. The number of hydrogen-bond donors (Lipinski definition) is 2. The van der Waals surface area contributed by atoms with Gasteiger partial charge in [-0.15, -0.1) is 0 Å². The minimum absolute atomic E-state index is 0.100. The second-order valence-electron chi connectivity index (χ2n) is 7.92. The van der Waals surface area contributed by atoms with Crippen LogP contribution in [0.15, 0.2) is 71.7 Å². The summed E-state index contributed by atoms with van der Waals surface area (Å²) >= 11 is 0. The Morgan fingerprint density at radius 2 is 1.97 bits per heavy atom. The van der Waals surface area contributed by atoms with Crippen molar-refractivity contribution in [2.24, 2.45) is 7.05 Å². The van der Waals surface area contributed by atoms with Crippen LogP contribution in [0.3, 0.4) is 0 Å². The molecule has 0 atom stereocenters. The molecule has 11 heteroatoms. The molecule has 36 heavy (non-hydrogen) atoms. The summed E-state index contributed by atoms with van der Waals surface area (Å²) in [6, 6.07) is 10.9.